The van der Waals surface area contributed by atoms with Gasteiger partial charge in [-0.25, -0.2) is 22.3 Å². The number of primary sulfonamides is 1. The largest absolute Gasteiger partial charge is 0.492 e. The lowest BCUT2D eigenvalue weighted by Gasteiger charge is -2.25. The van der Waals surface area contributed by atoms with Crippen LogP contribution in [-0.4, -0.2) is 33.9 Å². The quantitative estimate of drug-likeness (QED) is 0.832. The number of carbonyl (C=O) groups is 1. The lowest BCUT2D eigenvalue weighted by molar-refractivity contribution is -0.126. The number of halogens is 2. The second-order valence-corrected chi connectivity index (χ2v) is 6.22. The molecule has 3 N–H and O–H groups in total. The lowest BCUT2D eigenvalue weighted by atomic mass is 9.96. The van der Waals surface area contributed by atoms with E-state index in [9.17, 15) is 22.0 Å². The molecule has 1 aliphatic rings. The first kappa shape index (κ1) is 15.6. The van der Waals surface area contributed by atoms with E-state index in [4.69, 9.17) is 9.88 Å². The number of fused-ring (bicyclic) bond motifs is 1. The number of nitrogens with one attached hydrogen (secondary N) is 1. The van der Waals surface area contributed by atoms with Crippen molar-refractivity contribution in [2.75, 3.05) is 13.2 Å². The van der Waals surface area contributed by atoms with Crippen LogP contribution in [0.25, 0.3) is 0 Å². The molecule has 1 atom stereocenters. The topological polar surface area (TPSA) is 98.5 Å². The van der Waals surface area contributed by atoms with Gasteiger partial charge in [-0.1, -0.05) is 0 Å². The summed E-state index contributed by atoms with van der Waals surface area (Å²) >= 11 is 0. The summed E-state index contributed by atoms with van der Waals surface area (Å²) in [6.07, 6.45) is -2.42. The van der Waals surface area contributed by atoms with E-state index in [0.717, 1.165) is 0 Å². The average Bonchev–Trinajstić information content (AvgIpc) is 2.42. The van der Waals surface area contributed by atoms with E-state index in [-0.39, 0.29) is 17.9 Å². The van der Waals surface area contributed by atoms with Crippen molar-refractivity contribution in [1.82, 2.24) is 5.32 Å². The van der Waals surface area contributed by atoms with Gasteiger partial charge in [0.2, 0.25) is 15.9 Å². The number of hydrogen-bond acceptors (Lipinski definition) is 4. The molecule has 0 radical (unpaired) electrons. The highest BCUT2D eigenvalue weighted by Crippen LogP contribution is 2.29. The zero-order valence-electron chi connectivity index (χ0n) is 10.9. The maximum Gasteiger partial charge on any atom is 0.255 e. The van der Waals surface area contributed by atoms with E-state index in [0.29, 0.717) is 11.3 Å². The van der Waals surface area contributed by atoms with E-state index in [2.05, 4.69) is 5.32 Å². The summed E-state index contributed by atoms with van der Waals surface area (Å²) in [5.74, 6) is -0.741. The van der Waals surface area contributed by atoms with Crippen LogP contribution in [0.4, 0.5) is 8.78 Å². The van der Waals surface area contributed by atoms with Crippen molar-refractivity contribution in [2.24, 2.45) is 11.1 Å². The predicted octanol–water partition coefficient (Wildman–Crippen LogP) is 0.266. The number of hydrogen-bond donors (Lipinski definition) is 2. The molecule has 0 aromatic heterocycles. The molecule has 1 amide bonds. The third kappa shape index (κ3) is 3.88. The third-order valence-electron chi connectivity index (χ3n) is 3.07. The van der Waals surface area contributed by atoms with Crippen LogP contribution in [0.5, 0.6) is 5.75 Å². The van der Waals surface area contributed by atoms with Crippen LogP contribution in [0, 0.1) is 5.92 Å². The minimum atomic E-state index is -3.85. The molecule has 0 spiro atoms. The molecular weight excluding hydrogens is 306 g/mol. The molecule has 1 unspecified atom stereocenters. The molecule has 9 heteroatoms. The Bertz CT molecular complexity index is 649. The van der Waals surface area contributed by atoms with Gasteiger partial charge in [-0.2, -0.15) is 0 Å². The first-order valence-electron chi connectivity index (χ1n) is 6.12. The van der Waals surface area contributed by atoms with Crippen LogP contribution >= 0.6 is 0 Å². The number of rotatable bonds is 4. The summed E-state index contributed by atoms with van der Waals surface area (Å²) in [5.41, 5.74) is 0.505. The van der Waals surface area contributed by atoms with Crippen molar-refractivity contribution >= 4 is 15.9 Å². The van der Waals surface area contributed by atoms with Gasteiger partial charge in [0.15, 0.2) is 0 Å². The lowest BCUT2D eigenvalue weighted by Crippen LogP contribution is -2.39. The summed E-state index contributed by atoms with van der Waals surface area (Å²) in [6, 6.07) is 4.10. The first-order chi connectivity index (χ1) is 9.77. The Labute approximate surface area is 120 Å². The van der Waals surface area contributed by atoms with Crippen molar-refractivity contribution in [2.45, 2.75) is 17.7 Å². The van der Waals surface area contributed by atoms with Gasteiger partial charge in [-0.05, 0) is 30.2 Å². The molecule has 0 saturated heterocycles. The first-order valence-corrected chi connectivity index (χ1v) is 7.66. The smallest absolute Gasteiger partial charge is 0.255 e. The zero-order chi connectivity index (χ0) is 15.6. The molecule has 1 aliphatic heterocycles. The Morgan fingerprint density at radius 2 is 2.19 bits per heavy atom. The van der Waals surface area contributed by atoms with Crippen LogP contribution in [0.2, 0.25) is 0 Å². The normalized spacial score (nSPS) is 18.0. The van der Waals surface area contributed by atoms with E-state index < -0.39 is 34.8 Å². The minimum Gasteiger partial charge on any atom is -0.492 e. The molecular formula is C12H14F2N2O4S. The van der Waals surface area contributed by atoms with Gasteiger partial charge < -0.3 is 10.1 Å². The zero-order valence-corrected chi connectivity index (χ0v) is 11.7. The molecule has 1 aromatic carbocycles. The van der Waals surface area contributed by atoms with Crippen molar-refractivity contribution in [3.8, 4) is 5.75 Å². The van der Waals surface area contributed by atoms with Crippen LogP contribution in [-0.2, 0) is 21.2 Å². The number of ether oxygens (including phenoxy) is 1. The minimum absolute atomic E-state index is 0.0524. The average molecular weight is 320 g/mol. The summed E-state index contributed by atoms with van der Waals surface area (Å²) in [6.45, 7) is -0.670. The number of amides is 1. The number of nitrogens with two attached hydrogens (primary N) is 1. The maximum absolute atomic E-state index is 12.1. The fourth-order valence-corrected chi connectivity index (χ4v) is 2.60. The van der Waals surface area contributed by atoms with Crippen molar-refractivity contribution < 1.29 is 26.7 Å². The van der Waals surface area contributed by atoms with Crippen LogP contribution in [0.1, 0.15) is 5.56 Å². The molecule has 21 heavy (non-hydrogen) atoms. The fourth-order valence-electron chi connectivity index (χ4n) is 2.04. The van der Waals surface area contributed by atoms with Gasteiger partial charge in [0.25, 0.3) is 6.43 Å². The highest BCUT2D eigenvalue weighted by Gasteiger charge is 2.27. The van der Waals surface area contributed by atoms with Gasteiger partial charge in [0.05, 0.1) is 17.4 Å². The van der Waals surface area contributed by atoms with Crippen LogP contribution in [0.3, 0.4) is 0 Å². The summed E-state index contributed by atoms with van der Waals surface area (Å²) in [7, 11) is -3.85. The van der Waals surface area contributed by atoms with Crippen LogP contribution < -0.4 is 15.2 Å². The standard InChI is InChI=1S/C12H14F2N2O4S/c13-11(14)5-16-12(17)8-3-7-4-9(21(15,18)19)1-2-10(7)20-6-8/h1-2,4,8,11H,3,5-6H2,(H,16,17)(H2,15,18,19). The van der Waals surface area contributed by atoms with Gasteiger partial charge in [-0.3, -0.25) is 4.79 Å². The fraction of sp³-hybridized carbons (Fsp3) is 0.417. The van der Waals surface area contributed by atoms with Crippen molar-refractivity contribution in [3.63, 3.8) is 0 Å². The van der Waals surface area contributed by atoms with E-state index >= 15 is 0 Å². The SMILES string of the molecule is NS(=O)(=O)c1ccc2c(c1)CC(C(=O)NCC(F)F)CO2. The second-order valence-electron chi connectivity index (χ2n) is 4.66. The van der Waals surface area contributed by atoms with E-state index in [1.54, 1.807) is 0 Å². The van der Waals surface area contributed by atoms with Gasteiger partial charge >= 0.3 is 0 Å². The molecule has 0 aliphatic carbocycles. The van der Waals surface area contributed by atoms with Gasteiger partial charge in [0, 0.05) is 0 Å². The van der Waals surface area contributed by atoms with Gasteiger partial charge in [-0.15, -0.1) is 0 Å². The highest BCUT2D eigenvalue weighted by molar-refractivity contribution is 7.89. The monoisotopic (exact) mass is 320 g/mol. The molecule has 2 rings (SSSR count). The number of alkyl halides is 2. The Morgan fingerprint density at radius 3 is 2.81 bits per heavy atom. The maximum atomic E-state index is 12.1. The van der Waals surface area contributed by atoms with E-state index in [1.165, 1.54) is 18.2 Å². The van der Waals surface area contributed by atoms with Crippen molar-refractivity contribution in [1.29, 1.82) is 0 Å². The Hall–Kier alpha value is -1.74. The van der Waals surface area contributed by atoms with Crippen molar-refractivity contribution in [3.05, 3.63) is 23.8 Å². The molecule has 0 bridgehead atoms. The molecule has 116 valence electrons. The molecule has 1 aromatic rings. The second kappa shape index (κ2) is 5.94. The summed E-state index contributed by atoms with van der Waals surface area (Å²) in [4.78, 5) is 11.6. The number of benzene rings is 1. The molecule has 0 fully saturated rings. The molecule has 0 saturated carbocycles. The highest BCUT2D eigenvalue weighted by atomic mass is 32.2. The predicted molar refractivity (Wildman–Crippen MR) is 69.5 cm³/mol. The molecule has 6 nitrogen and oxygen atoms in total. The Balaban J connectivity index is 2.13. The summed E-state index contributed by atoms with van der Waals surface area (Å²) in [5, 5.41) is 7.15. The summed E-state index contributed by atoms with van der Waals surface area (Å²) < 4.78 is 52.0. The third-order valence-corrected chi connectivity index (χ3v) is 3.98. The van der Waals surface area contributed by atoms with E-state index in [1.807, 2.05) is 0 Å². The number of sulfonamides is 1. The van der Waals surface area contributed by atoms with Gasteiger partial charge in [0.1, 0.15) is 12.4 Å². The number of carbonyl (C=O) groups excluding carboxylic acids is 1. The van der Waals surface area contributed by atoms with Crippen LogP contribution in [0.15, 0.2) is 23.1 Å². The Morgan fingerprint density at radius 1 is 1.48 bits per heavy atom. The Kier molecular flexibility index (Phi) is 4.43. The molecule has 1 heterocycles.